The van der Waals surface area contributed by atoms with E-state index in [2.05, 4.69) is 132 Å². The van der Waals surface area contributed by atoms with Gasteiger partial charge in [0.05, 0.1) is 7.11 Å². The summed E-state index contributed by atoms with van der Waals surface area (Å²) in [7, 11) is 1.50. The summed E-state index contributed by atoms with van der Waals surface area (Å²) in [6.07, 6.45) is 5.92. The van der Waals surface area contributed by atoms with Gasteiger partial charge in [-0.1, -0.05) is 103 Å². The van der Waals surface area contributed by atoms with Gasteiger partial charge in [0, 0.05) is 29.2 Å². The number of ether oxygens (including phenoxy) is 1. The minimum Gasteiger partial charge on any atom is -0.512 e. The van der Waals surface area contributed by atoms with E-state index in [1.807, 2.05) is 0 Å². The quantitative estimate of drug-likeness (QED) is 0.166. The van der Waals surface area contributed by atoms with Crippen molar-refractivity contribution < 1.29 is 33.6 Å². The summed E-state index contributed by atoms with van der Waals surface area (Å²) in [6, 6.07) is 21.1. The zero-order valence-corrected chi connectivity index (χ0v) is 31.6. The standard InChI is InChI=1S/C27H37N2.C12H8F2NO.CN.Ir/c1-18(2)22-11-9-12-23(19(3)4)26(22)28-15-16-29(17-28)27-24(20(5)6)13-10-14-25(27)21(7)8;1-16-9-4-5-15-12(7-9)10-3-2-8(13)6-11(10)14;1-2;/h9-21H,1-8H3;2,4-7H,1H3;;/q3*-1;+3. The van der Waals surface area contributed by atoms with E-state index in [-0.39, 0.29) is 25.7 Å². The van der Waals surface area contributed by atoms with Crippen molar-refractivity contribution in [1.29, 1.82) is 5.26 Å². The molecule has 5 rings (SSSR count). The number of halogens is 2. The number of hydrogen-bond acceptors (Lipinski definition) is 5. The molecule has 0 atom stereocenters. The van der Waals surface area contributed by atoms with E-state index >= 15 is 0 Å². The molecule has 0 aliphatic carbocycles. The molecule has 0 unspecified atom stereocenters. The topological polar surface area (TPSA) is 52.4 Å². The fourth-order valence-electron chi connectivity index (χ4n) is 5.56. The Bertz CT molecular complexity index is 1560. The molecular formula is C40H45F2IrN4O. The Labute approximate surface area is 299 Å². The van der Waals surface area contributed by atoms with Gasteiger partial charge in [-0.15, -0.1) is 18.8 Å². The summed E-state index contributed by atoms with van der Waals surface area (Å²) in [4.78, 5) is 8.62. The Morgan fingerprint density at radius 3 is 1.56 bits per heavy atom. The average molecular weight is 828 g/mol. The van der Waals surface area contributed by atoms with Gasteiger partial charge in [-0.2, -0.15) is 0 Å². The van der Waals surface area contributed by atoms with Gasteiger partial charge >= 0.3 is 20.1 Å². The molecule has 0 bridgehead atoms. The van der Waals surface area contributed by atoms with Gasteiger partial charge in [-0.3, -0.25) is 8.78 Å². The second-order valence-electron chi connectivity index (χ2n) is 12.5. The van der Waals surface area contributed by atoms with E-state index < -0.39 is 11.6 Å². The number of hydrogen-bond donors (Lipinski definition) is 0. The Kier molecular flexibility index (Phi) is 15.4. The molecule has 254 valence electrons. The number of pyridine rings is 1. The number of rotatable bonds is 8. The third-order valence-electron chi connectivity index (χ3n) is 7.92. The van der Waals surface area contributed by atoms with Crippen LogP contribution in [-0.4, -0.2) is 12.1 Å². The van der Waals surface area contributed by atoms with Gasteiger partial charge in [-0.25, -0.2) is 0 Å². The molecule has 1 aromatic heterocycles. The van der Waals surface area contributed by atoms with E-state index in [1.54, 1.807) is 12.1 Å². The average Bonchev–Trinajstić information content (AvgIpc) is 3.55. The predicted octanol–water partition coefficient (Wildman–Crippen LogP) is 11.0. The summed E-state index contributed by atoms with van der Waals surface area (Å²) in [5.41, 5.74) is 8.77. The molecule has 0 spiro atoms. The van der Waals surface area contributed by atoms with Gasteiger partial charge in [0.2, 0.25) is 0 Å². The molecule has 2 heterocycles. The van der Waals surface area contributed by atoms with Crippen LogP contribution in [0.5, 0.6) is 5.75 Å². The van der Waals surface area contributed by atoms with Gasteiger partial charge in [0.25, 0.3) is 0 Å². The summed E-state index contributed by atoms with van der Waals surface area (Å²) >= 11 is 0. The van der Waals surface area contributed by atoms with Crippen molar-refractivity contribution >= 4 is 11.4 Å². The number of benzene rings is 3. The number of methoxy groups -OCH3 is 1. The van der Waals surface area contributed by atoms with Crippen LogP contribution in [0.2, 0.25) is 0 Å². The van der Waals surface area contributed by atoms with Crippen molar-refractivity contribution in [3.8, 4) is 17.0 Å². The molecule has 0 fully saturated rings. The molecule has 0 saturated carbocycles. The molecule has 0 saturated heterocycles. The monoisotopic (exact) mass is 828 g/mol. The molecule has 4 aromatic rings. The van der Waals surface area contributed by atoms with Gasteiger partial charge in [-0.05, 0) is 76.2 Å². The van der Waals surface area contributed by atoms with Crippen molar-refractivity contribution in [2.24, 2.45) is 0 Å². The maximum Gasteiger partial charge on any atom is 3.00 e. The van der Waals surface area contributed by atoms with Crippen LogP contribution < -0.4 is 14.5 Å². The summed E-state index contributed by atoms with van der Waals surface area (Å²) in [5, 5.41) is 6.25. The van der Waals surface area contributed by atoms with Crippen LogP contribution in [0.4, 0.5) is 20.2 Å². The first-order valence-electron chi connectivity index (χ1n) is 15.9. The summed E-state index contributed by atoms with van der Waals surface area (Å²) in [6.45, 7) is 25.3. The smallest absolute Gasteiger partial charge is 0.512 e. The van der Waals surface area contributed by atoms with E-state index in [9.17, 15) is 8.78 Å². The van der Waals surface area contributed by atoms with Gasteiger partial charge < -0.3 is 31.4 Å². The first-order chi connectivity index (χ1) is 22.4. The second-order valence-corrected chi connectivity index (χ2v) is 12.5. The minimum absolute atomic E-state index is 0. The first-order valence-corrected chi connectivity index (χ1v) is 15.9. The second kappa shape index (κ2) is 18.5. The van der Waals surface area contributed by atoms with Crippen LogP contribution in [0.3, 0.4) is 0 Å². The molecule has 48 heavy (non-hydrogen) atoms. The van der Waals surface area contributed by atoms with Gasteiger partial charge in [0.1, 0.15) is 5.75 Å². The molecule has 0 radical (unpaired) electrons. The van der Waals surface area contributed by atoms with Crippen LogP contribution in [0, 0.1) is 36.2 Å². The van der Waals surface area contributed by atoms with E-state index in [1.165, 1.54) is 46.9 Å². The fraction of sp³-hybridized carbons (Fsp3) is 0.325. The van der Waals surface area contributed by atoms with E-state index in [4.69, 9.17) is 16.6 Å². The van der Waals surface area contributed by atoms with Gasteiger partial charge in [0.15, 0.2) is 0 Å². The minimum atomic E-state index is -0.694. The number of para-hydroxylation sites is 2. The van der Waals surface area contributed by atoms with E-state index in [0.717, 1.165) is 12.1 Å². The zero-order chi connectivity index (χ0) is 34.8. The normalized spacial score (nSPS) is 12.1. The van der Waals surface area contributed by atoms with Crippen LogP contribution in [-0.2, 0) is 20.1 Å². The maximum absolute atomic E-state index is 13.4. The van der Waals surface area contributed by atoms with Crippen molar-refractivity contribution in [3.05, 3.63) is 132 Å². The number of nitrogens with zero attached hydrogens (tertiary/aromatic N) is 4. The fourth-order valence-corrected chi connectivity index (χ4v) is 5.56. The van der Waals surface area contributed by atoms with Crippen LogP contribution in [0.15, 0.2) is 79.3 Å². The molecule has 0 amide bonds. The maximum atomic E-state index is 13.4. The summed E-state index contributed by atoms with van der Waals surface area (Å²) in [5.74, 6) is 1.12. The predicted molar refractivity (Wildman–Crippen MR) is 188 cm³/mol. The number of anilines is 2. The van der Waals surface area contributed by atoms with Crippen molar-refractivity contribution in [1.82, 2.24) is 4.98 Å². The largest absolute Gasteiger partial charge is 3.00 e. The molecule has 3 aromatic carbocycles. The van der Waals surface area contributed by atoms with Crippen LogP contribution >= 0.6 is 0 Å². The zero-order valence-electron chi connectivity index (χ0n) is 29.2. The van der Waals surface area contributed by atoms with Crippen molar-refractivity contribution in [3.63, 3.8) is 0 Å². The molecule has 8 heteroatoms. The molecule has 5 nitrogen and oxygen atoms in total. The van der Waals surface area contributed by atoms with Crippen molar-refractivity contribution in [2.45, 2.75) is 79.1 Å². The molecule has 1 aliphatic heterocycles. The Morgan fingerprint density at radius 1 is 0.750 bits per heavy atom. The molecule has 0 N–H and O–H groups in total. The van der Waals surface area contributed by atoms with Crippen LogP contribution in [0.1, 0.15) is 101 Å². The molecule has 1 aliphatic rings. The third-order valence-corrected chi connectivity index (χ3v) is 7.92. The Balaban J connectivity index is 0.000000357. The van der Waals surface area contributed by atoms with Crippen LogP contribution in [0.25, 0.3) is 11.3 Å². The summed E-state index contributed by atoms with van der Waals surface area (Å²) < 4.78 is 31.1. The third kappa shape index (κ3) is 9.52. The van der Waals surface area contributed by atoms with Crippen molar-refractivity contribution in [2.75, 3.05) is 16.9 Å². The Morgan fingerprint density at radius 2 is 1.19 bits per heavy atom. The SMILES string of the molecule is CC(C)c1cccc(C(C)C)c1N1C=CN(c2c(C(C)C)cccc2C(C)C)[CH-]1.COc1ccnc(-c2[c-]cc(F)cc2F)c1.[C-]#N.[Ir+3]. The van der Waals surface area contributed by atoms with E-state index in [0.29, 0.717) is 35.1 Å². The number of aromatic nitrogens is 1. The Hall–Kier alpha value is -4.05. The first kappa shape index (κ1) is 40.1. The molecular weight excluding hydrogens is 783 g/mol.